The predicted octanol–water partition coefficient (Wildman–Crippen LogP) is 2.38. The van der Waals surface area contributed by atoms with Gasteiger partial charge >= 0.3 is 5.97 Å². The standard InChI is InChI=1S/C19H19N3O4S/c1-12-11-27-19-21-15(8-17(24)22(12)19)10-26-18(25)9-16(20-13(2)23)14-6-4-3-5-7-14/h3-8,11,16H,9-10H2,1-2H3,(H,20,23)/t16-/m0/s1. The molecule has 0 aliphatic carbocycles. The zero-order valence-corrected chi connectivity index (χ0v) is 15.8. The molecule has 0 spiro atoms. The number of aromatic nitrogens is 2. The molecule has 0 aliphatic heterocycles. The Hall–Kier alpha value is -3.00. The van der Waals surface area contributed by atoms with Crippen molar-refractivity contribution >= 4 is 28.2 Å². The molecule has 0 radical (unpaired) electrons. The van der Waals surface area contributed by atoms with Crippen LogP contribution in [0.4, 0.5) is 0 Å². The Morgan fingerprint density at radius 3 is 2.74 bits per heavy atom. The summed E-state index contributed by atoms with van der Waals surface area (Å²) < 4.78 is 6.79. The van der Waals surface area contributed by atoms with Gasteiger partial charge in [0, 0.05) is 24.1 Å². The molecule has 0 aliphatic rings. The second-order valence-electron chi connectivity index (χ2n) is 6.11. The number of hydrogen-bond donors (Lipinski definition) is 1. The van der Waals surface area contributed by atoms with Crippen LogP contribution in [0.5, 0.6) is 0 Å². The number of hydrogen-bond acceptors (Lipinski definition) is 6. The van der Waals surface area contributed by atoms with Crippen LogP contribution in [0.2, 0.25) is 0 Å². The fourth-order valence-electron chi connectivity index (χ4n) is 2.74. The Morgan fingerprint density at radius 1 is 1.30 bits per heavy atom. The van der Waals surface area contributed by atoms with E-state index in [0.717, 1.165) is 11.3 Å². The molecule has 7 nitrogen and oxygen atoms in total. The molecule has 1 aromatic carbocycles. The van der Waals surface area contributed by atoms with E-state index in [-0.39, 0.29) is 24.5 Å². The van der Waals surface area contributed by atoms with Crippen LogP contribution in [0.1, 0.15) is 36.3 Å². The van der Waals surface area contributed by atoms with E-state index in [1.807, 2.05) is 42.6 Å². The van der Waals surface area contributed by atoms with E-state index in [4.69, 9.17) is 4.74 Å². The van der Waals surface area contributed by atoms with Crippen molar-refractivity contribution in [3.05, 3.63) is 69.1 Å². The van der Waals surface area contributed by atoms with Crippen LogP contribution in [0, 0.1) is 6.92 Å². The highest BCUT2D eigenvalue weighted by Crippen LogP contribution is 2.18. The normalized spacial score (nSPS) is 11.9. The van der Waals surface area contributed by atoms with Crippen LogP contribution in [0.3, 0.4) is 0 Å². The Balaban J connectivity index is 1.67. The molecule has 1 atom stereocenters. The summed E-state index contributed by atoms with van der Waals surface area (Å²) in [5.74, 6) is -0.716. The van der Waals surface area contributed by atoms with Gasteiger partial charge in [0.05, 0.1) is 18.2 Å². The number of nitrogens with zero attached hydrogens (tertiary/aromatic N) is 2. The molecule has 0 fully saturated rings. The summed E-state index contributed by atoms with van der Waals surface area (Å²) in [4.78, 5) is 40.8. The lowest BCUT2D eigenvalue weighted by atomic mass is 10.0. The molecule has 2 heterocycles. The van der Waals surface area contributed by atoms with E-state index < -0.39 is 12.0 Å². The van der Waals surface area contributed by atoms with Crippen LogP contribution in [0.15, 0.2) is 46.6 Å². The van der Waals surface area contributed by atoms with Crippen molar-refractivity contribution in [2.75, 3.05) is 0 Å². The first kappa shape index (κ1) is 18.8. The second-order valence-corrected chi connectivity index (χ2v) is 6.95. The zero-order chi connectivity index (χ0) is 19.4. The first-order valence-corrected chi connectivity index (χ1v) is 9.26. The number of benzene rings is 1. The van der Waals surface area contributed by atoms with Crippen molar-refractivity contribution in [1.29, 1.82) is 0 Å². The molecule has 1 N–H and O–H groups in total. The third-order valence-electron chi connectivity index (χ3n) is 3.96. The number of aryl methyl sites for hydroxylation is 1. The van der Waals surface area contributed by atoms with Gasteiger partial charge in [-0.2, -0.15) is 0 Å². The van der Waals surface area contributed by atoms with Crippen LogP contribution in [-0.2, 0) is 20.9 Å². The highest BCUT2D eigenvalue weighted by Gasteiger charge is 2.18. The lowest BCUT2D eigenvalue weighted by Crippen LogP contribution is -2.28. The predicted molar refractivity (Wildman–Crippen MR) is 101 cm³/mol. The maximum atomic E-state index is 12.3. The lowest BCUT2D eigenvalue weighted by molar-refractivity contribution is -0.145. The SMILES string of the molecule is CC(=O)N[C@@H](CC(=O)OCc1cc(=O)n2c(C)csc2n1)c1ccccc1. The minimum absolute atomic E-state index is 0.0110. The number of amides is 1. The van der Waals surface area contributed by atoms with Gasteiger partial charge in [0.15, 0.2) is 4.96 Å². The molecule has 0 bridgehead atoms. The molecule has 0 unspecified atom stereocenters. The van der Waals surface area contributed by atoms with Gasteiger partial charge in [-0.05, 0) is 12.5 Å². The molecular weight excluding hydrogens is 366 g/mol. The van der Waals surface area contributed by atoms with E-state index in [1.165, 1.54) is 28.7 Å². The molecule has 3 aromatic rings. The highest BCUT2D eigenvalue weighted by molar-refractivity contribution is 7.15. The number of rotatable bonds is 6. The summed E-state index contributed by atoms with van der Waals surface area (Å²) in [6.45, 7) is 3.14. The maximum Gasteiger partial charge on any atom is 0.308 e. The van der Waals surface area contributed by atoms with Crippen LogP contribution >= 0.6 is 11.3 Å². The van der Waals surface area contributed by atoms with Gasteiger partial charge in [-0.15, -0.1) is 11.3 Å². The van der Waals surface area contributed by atoms with Gasteiger partial charge in [-0.1, -0.05) is 30.3 Å². The van der Waals surface area contributed by atoms with E-state index >= 15 is 0 Å². The molecular formula is C19H19N3O4S. The summed E-state index contributed by atoms with van der Waals surface area (Å²) in [6, 6.07) is 10.1. The van der Waals surface area contributed by atoms with Gasteiger partial charge < -0.3 is 10.1 Å². The second kappa shape index (κ2) is 8.13. The van der Waals surface area contributed by atoms with Crippen molar-refractivity contribution < 1.29 is 14.3 Å². The number of nitrogens with one attached hydrogen (secondary N) is 1. The molecule has 8 heteroatoms. The molecule has 2 aromatic heterocycles. The molecule has 0 saturated carbocycles. The maximum absolute atomic E-state index is 12.3. The van der Waals surface area contributed by atoms with Gasteiger partial charge in [0.1, 0.15) is 6.61 Å². The van der Waals surface area contributed by atoms with Crippen molar-refractivity contribution in [1.82, 2.24) is 14.7 Å². The zero-order valence-electron chi connectivity index (χ0n) is 15.0. The molecule has 0 saturated heterocycles. The minimum atomic E-state index is -0.484. The number of esters is 1. The Morgan fingerprint density at radius 2 is 2.04 bits per heavy atom. The highest BCUT2D eigenvalue weighted by atomic mass is 32.1. The van der Waals surface area contributed by atoms with Crippen molar-refractivity contribution in [2.45, 2.75) is 32.9 Å². The van der Waals surface area contributed by atoms with Crippen molar-refractivity contribution in [3.63, 3.8) is 0 Å². The summed E-state index contributed by atoms with van der Waals surface area (Å²) in [5.41, 5.74) is 1.82. The lowest BCUT2D eigenvalue weighted by Gasteiger charge is -2.17. The van der Waals surface area contributed by atoms with Crippen molar-refractivity contribution in [3.8, 4) is 0 Å². The topological polar surface area (TPSA) is 89.8 Å². The van der Waals surface area contributed by atoms with E-state index in [0.29, 0.717) is 10.7 Å². The van der Waals surface area contributed by atoms with E-state index in [9.17, 15) is 14.4 Å². The number of carbonyl (C=O) groups excluding carboxylic acids is 2. The minimum Gasteiger partial charge on any atom is -0.459 e. The number of ether oxygens (including phenoxy) is 1. The largest absolute Gasteiger partial charge is 0.459 e. The van der Waals surface area contributed by atoms with Crippen molar-refractivity contribution in [2.24, 2.45) is 0 Å². The van der Waals surface area contributed by atoms with Crippen LogP contribution < -0.4 is 10.9 Å². The molecule has 27 heavy (non-hydrogen) atoms. The fraction of sp³-hybridized carbons (Fsp3) is 0.263. The van der Waals surface area contributed by atoms with Gasteiger partial charge in [0.25, 0.3) is 5.56 Å². The monoisotopic (exact) mass is 385 g/mol. The number of carbonyl (C=O) groups is 2. The third kappa shape index (κ3) is 4.59. The number of fused-ring (bicyclic) bond motifs is 1. The van der Waals surface area contributed by atoms with Gasteiger partial charge in [0.2, 0.25) is 5.91 Å². The molecule has 1 amide bonds. The number of thiazole rings is 1. The summed E-state index contributed by atoms with van der Waals surface area (Å²) in [7, 11) is 0. The molecule has 140 valence electrons. The Kier molecular flexibility index (Phi) is 5.66. The Bertz CT molecular complexity index is 1030. The summed E-state index contributed by atoms with van der Waals surface area (Å²) >= 11 is 1.36. The summed E-state index contributed by atoms with van der Waals surface area (Å²) in [6.07, 6.45) is -0.0110. The average Bonchev–Trinajstić information content (AvgIpc) is 3.01. The van der Waals surface area contributed by atoms with E-state index in [2.05, 4.69) is 10.3 Å². The fourth-order valence-corrected chi connectivity index (χ4v) is 3.63. The Labute approximate surface area is 159 Å². The third-order valence-corrected chi connectivity index (χ3v) is 4.90. The molecule has 3 rings (SSSR count). The first-order valence-electron chi connectivity index (χ1n) is 8.38. The van der Waals surface area contributed by atoms with Crippen LogP contribution in [-0.4, -0.2) is 21.3 Å². The van der Waals surface area contributed by atoms with Gasteiger partial charge in [-0.25, -0.2) is 4.98 Å². The quantitative estimate of drug-likeness (QED) is 0.658. The summed E-state index contributed by atoms with van der Waals surface area (Å²) in [5, 5.41) is 4.60. The smallest absolute Gasteiger partial charge is 0.308 e. The average molecular weight is 385 g/mol. The van der Waals surface area contributed by atoms with Gasteiger partial charge in [-0.3, -0.25) is 18.8 Å². The van der Waals surface area contributed by atoms with Crippen LogP contribution in [0.25, 0.3) is 4.96 Å². The first-order chi connectivity index (χ1) is 12.9. The van der Waals surface area contributed by atoms with E-state index in [1.54, 1.807) is 0 Å².